The Labute approximate surface area is 129 Å². The number of hydrogen-bond donors (Lipinski definition) is 0. The van der Waals surface area contributed by atoms with Crippen molar-refractivity contribution in [1.29, 1.82) is 0 Å². The summed E-state index contributed by atoms with van der Waals surface area (Å²) < 4.78 is 5.37. The third-order valence-electron chi connectivity index (χ3n) is 4.00. The van der Waals surface area contributed by atoms with E-state index in [2.05, 4.69) is 19.1 Å². The molecule has 1 saturated carbocycles. The third kappa shape index (κ3) is 3.18. The Morgan fingerprint density at radius 1 is 1.35 bits per heavy atom. The first-order valence-electron chi connectivity index (χ1n) is 6.72. The first-order valence-corrected chi connectivity index (χ1v) is 7.48. The molecule has 0 radical (unpaired) electrons. The molecular weight excluding hydrogens is 295 g/mol. The second kappa shape index (κ2) is 6.19. The predicted molar refractivity (Wildman–Crippen MR) is 81.7 cm³/mol. The number of allylic oxidation sites excluding steroid dienone is 1. The summed E-state index contributed by atoms with van der Waals surface area (Å²) in [5.41, 5.74) is 1.02. The summed E-state index contributed by atoms with van der Waals surface area (Å²) in [5, 5.41) is 0. The molecule has 1 aromatic rings. The number of halogens is 2. The molecule has 2 rings (SSSR count). The Kier molecular flexibility index (Phi) is 4.77. The van der Waals surface area contributed by atoms with Crippen LogP contribution in [0, 0.1) is 17.3 Å². The molecule has 0 aliphatic heterocycles. The van der Waals surface area contributed by atoms with E-state index in [1.54, 1.807) is 6.08 Å². The van der Waals surface area contributed by atoms with Gasteiger partial charge in [-0.1, -0.05) is 60.5 Å². The molecule has 108 valence electrons. The standard InChI is InChI=1S/C16H18Cl2O2/c1-3-20-15(19)14-12(9-13(17)18)16(14,2)10-11-7-5-4-6-8-11/h4-9,12,14H,3,10H2,1-2H3. The molecule has 1 aliphatic rings. The van der Waals surface area contributed by atoms with Crippen LogP contribution in [0.4, 0.5) is 0 Å². The van der Waals surface area contributed by atoms with Crippen molar-refractivity contribution >= 4 is 29.2 Å². The van der Waals surface area contributed by atoms with E-state index in [0.717, 1.165) is 6.42 Å². The Bertz CT molecular complexity index is 508. The summed E-state index contributed by atoms with van der Waals surface area (Å²) >= 11 is 11.5. The molecule has 2 nitrogen and oxygen atoms in total. The van der Waals surface area contributed by atoms with E-state index in [4.69, 9.17) is 27.9 Å². The Hall–Kier alpha value is -0.990. The summed E-state index contributed by atoms with van der Waals surface area (Å²) in [4.78, 5) is 12.1. The van der Waals surface area contributed by atoms with Gasteiger partial charge in [-0.3, -0.25) is 4.79 Å². The molecular formula is C16H18Cl2O2. The van der Waals surface area contributed by atoms with E-state index in [1.807, 2.05) is 25.1 Å². The van der Waals surface area contributed by atoms with E-state index < -0.39 is 0 Å². The highest BCUT2D eigenvalue weighted by molar-refractivity contribution is 6.55. The van der Waals surface area contributed by atoms with Gasteiger partial charge in [0.05, 0.1) is 12.5 Å². The second-order valence-electron chi connectivity index (χ2n) is 5.38. The lowest BCUT2D eigenvalue weighted by atomic mass is 9.94. The molecule has 0 saturated heterocycles. The van der Waals surface area contributed by atoms with Gasteiger partial charge < -0.3 is 4.74 Å². The van der Waals surface area contributed by atoms with Crippen LogP contribution < -0.4 is 0 Å². The summed E-state index contributed by atoms with van der Waals surface area (Å²) in [6, 6.07) is 10.1. The first-order chi connectivity index (χ1) is 9.49. The molecule has 1 aliphatic carbocycles. The number of ether oxygens (including phenoxy) is 1. The van der Waals surface area contributed by atoms with Crippen molar-refractivity contribution < 1.29 is 9.53 Å². The Morgan fingerprint density at radius 3 is 2.55 bits per heavy atom. The molecule has 0 amide bonds. The van der Waals surface area contributed by atoms with Crippen LogP contribution in [0.15, 0.2) is 40.9 Å². The van der Waals surface area contributed by atoms with Crippen LogP contribution in [0.25, 0.3) is 0 Å². The van der Waals surface area contributed by atoms with E-state index in [9.17, 15) is 4.79 Å². The molecule has 3 unspecified atom stereocenters. The minimum absolute atomic E-state index is 0.0340. The van der Waals surface area contributed by atoms with Crippen LogP contribution >= 0.6 is 23.2 Å². The normalized spacial score (nSPS) is 27.8. The average Bonchev–Trinajstić information content (AvgIpc) is 2.94. The van der Waals surface area contributed by atoms with Crippen LogP contribution in [0.5, 0.6) is 0 Å². The lowest BCUT2D eigenvalue weighted by Crippen LogP contribution is -2.13. The maximum atomic E-state index is 12.1. The number of carbonyl (C=O) groups is 1. The van der Waals surface area contributed by atoms with Crippen molar-refractivity contribution in [3.8, 4) is 0 Å². The highest BCUT2D eigenvalue weighted by atomic mass is 35.5. The van der Waals surface area contributed by atoms with Crippen molar-refractivity contribution in [2.45, 2.75) is 20.3 Å². The number of carbonyl (C=O) groups excluding carboxylic acids is 1. The van der Waals surface area contributed by atoms with E-state index >= 15 is 0 Å². The molecule has 20 heavy (non-hydrogen) atoms. The quantitative estimate of drug-likeness (QED) is 0.755. The SMILES string of the molecule is CCOC(=O)C1C(C=C(Cl)Cl)C1(C)Cc1ccccc1. The van der Waals surface area contributed by atoms with Gasteiger partial charge in [0.15, 0.2) is 0 Å². The van der Waals surface area contributed by atoms with Crippen molar-refractivity contribution in [1.82, 2.24) is 0 Å². The summed E-state index contributed by atoms with van der Waals surface area (Å²) in [5.74, 6) is -0.302. The average molecular weight is 313 g/mol. The van der Waals surface area contributed by atoms with Crippen LogP contribution in [-0.2, 0) is 16.0 Å². The van der Waals surface area contributed by atoms with E-state index in [-0.39, 0.29) is 27.7 Å². The van der Waals surface area contributed by atoms with Gasteiger partial charge in [0, 0.05) is 0 Å². The molecule has 0 spiro atoms. The van der Waals surface area contributed by atoms with Gasteiger partial charge in [-0.05, 0) is 36.3 Å². The second-order valence-corrected chi connectivity index (χ2v) is 6.39. The maximum absolute atomic E-state index is 12.1. The minimum Gasteiger partial charge on any atom is -0.466 e. The zero-order chi connectivity index (χ0) is 14.8. The van der Waals surface area contributed by atoms with Gasteiger partial charge in [-0.25, -0.2) is 0 Å². The Balaban J connectivity index is 2.18. The van der Waals surface area contributed by atoms with Crippen LogP contribution in [0.2, 0.25) is 0 Å². The summed E-state index contributed by atoms with van der Waals surface area (Å²) in [7, 11) is 0. The van der Waals surface area contributed by atoms with Crippen molar-refractivity contribution in [3.05, 3.63) is 46.5 Å². The topological polar surface area (TPSA) is 26.3 Å². The van der Waals surface area contributed by atoms with Crippen molar-refractivity contribution in [2.75, 3.05) is 6.61 Å². The fourth-order valence-corrected chi connectivity index (χ4v) is 3.21. The first kappa shape index (κ1) is 15.4. The smallest absolute Gasteiger partial charge is 0.310 e. The largest absolute Gasteiger partial charge is 0.466 e. The molecule has 1 fully saturated rings. The fourth-order valence-electron chi connectivity index (χ4n) is 2.93. The number of esters is 1. The van der Waals surface area contributed by atoms with Gasteiger partial charge >= 0.3 is 5.97 Å². The summed E-state index contributed by atoms with van der Waals surface area (Å²) in [6.45, 7) is 4.29. The number of rotatable bonds is 5. The highest BCUT2D eigenvalue weighted by Gasteiger charge is 2.64. The molecule has 0 aromatic heterocycles. The van der Waals surface area contributed by atoms with Gasteiger partial charge in [0.2, 0.25) is 0 Å². The van der Waals surface area contributed by atoms with E-state index in [0.29, 0.717) is 6.61 Å². The lowest BCUT2D eigenvalue weighted by molar-refractivity contribution is -0.145. The molecule has 3 atom stereocenters. The van der Waals surface area contributed by atoms with E-state index in [1.165, 1.54) is 5.56 Å². The number of hydrogen-bond acceptors (Lipinski definition) is 2. The van der Waals surface area contributed by atoms with Crippen LogP contribution in [0.1, 0.15) is 19.4 Å². The minimum atomic E-state index is -0.178. The third-order valence-corrected chi connectivity index (χ3v) is 4.25. The fraction of sp³-hybridized carbons (Fsp3) is 0.438. The summed E-state index contributed by atoms with van der Waals surface area (Å²) in [6.07, 6.45) is 2.56. The lowest BCUT2D eigenvalue weighted by Gasteiger charge is -2.11. The van der Waals surface area contributed by atoms with Gasteiger partial charge in [0.25, 0.3) is 0 Å². The van der Waals surface area contributed by atoms with Gasteiger partial charge in [-0.15, -0.1) is 0 Å². The molecule has 0 heterocycles. The van der Waals surface area contributed by atoms with Gasteiger partial charge in [0.1, 0.15) is 4.49 Å². The van der Waals surface area contributed by atoms with Crippen molar-refractivity contribution in [2.24, 2.45) is 17.3 Å². The van der Waals surface area contributed by atoms with Gasteiger partial charge in [-0.2, -0.15) is 0 Å². The maximum Gasteiger partial charge on any atom is 0.310 e. The highest BCUT2D eigenvalue weighted by Crippen LogP contribution is 2.62. The zero-order valence-electron chi connectivity index (χ0n) is 11.6. The molecule has 1 aromatic carbocycles. The molecule has 4 heteroatoms. The molecule has 0 N–H and O–H groups in total. The number of benzene rings is 1. The Morgan fingerprint density at radius 2 is 2.00 bits per heavy atom. The predicted octanol–water partition coefficient (Wildman–Crippen LogP) is 4.36. The monoisotopic (exact) mass is 312 g/mol. The van der Waals surface area contributed by atoms with Crippen LogP contribution in [0.3, 0.4) is 0 Å². The zero-order valence-corrected chi connectivity index (χ0v) is 13.1. The van der Waals surface area contributed by atoms with Crippen LogP contribution in [-0.4, -0.2) is 12.6 Å². The molecule has 0 bridgehead atoms. The van der Waals surface area contributed by atoms with Crippen molar-refractivity contribution in [3.63, 3.8) is 0 Å².